The molecular weight excluding hydrogens is 484 g/mol. The smallest absolute Gasteiger partial charge is 0.229 e. The van der Waals surface area contributed by atoms with Gasteiger partial charge in [0.25, 0.3) is 0 Å². The molecule has 2 atom stereocenters. The van der Waals surface area contributed by atoms with Crippen molar-refractivity contribution >= 4 is 32.3 Å². The molecule has 0 aliphatic carbocycles. The van der Waals surface area contributed by atoms with E-state index in [9.17, 15) is 8.42 Å². The van der Waals surface area contributed by atoms with Crippen LogP contribution in [0.1, 0.15) is 19.4 Å². The number of anilines is 2. The Hall–Kier alpha value is -3.93. The highest BCUT2D eigenvalue weighted by molar-refractivity contribution is 7.92. The molecule has 1 fully saturated rings. The monoisotopic (exact) mass is 512 g/mol. The maximum atomic E-state index is 12.4. The van der Waals surface area contributed by atoms with Crippen molar-refractivity contribution in [3.05, 3.63) is 78.5 Å². The van der Waals surface area contributed by atoms with E-state index in [0.29, 0.717) is 27.7 Å². The zero-order valence-corrected chi connectivity index (χ0v) is 21.8. The fourth-order valence-corrected chi connectivity index (χ4v) is 5.53. The average molecular weight is 513 g/mol. The minimum Gasteiger partial charge on any atom is -0.372 e. The Morgan fingerprint density at radius 1 is 0.946 bits per heavy atom. The summed E-state index contributed by atoms with van der Waals surface area (Å²) < 4.78 is 33.4. The van der Waals surface area contributed by atoms with Crippen LogP contribution in [0.2, 0.25) is 0 Å². The third-order valence-corrected chi connectivity index (χ3v) is 7.05. The number of aromatic nitrogens is 1. The number of hydrogen-bond donors (Lipinski definition) is 1. The second kappa shape index (κ2) is 9.85. The molecule has 0 radical (unpaired) electrons. The van der Waals surface area contributed by atoms with Gasteiger partial charge >= 0.3 is 0 Å². The van der Waals surface area contributed by atoms with Gasteiger partial charge in [-0.1, -0.05) is 42.5 Å². The summed E-state index contributed by atoms with van der Waals surface area (Å²) in [6.07, 6.45) is 3.18. The highest BCUT2D eigenvalue weighted by Crippen LogP contribution is 2.38. The minimum absolute atomic E-state index is 0.156. The quantitative estimate of drug-likeness (QED) is 0.383. The largest absolute Gasteiger partial charge is 0.372 e. The molecule has 4 aromatic rings. The molecule has 0 amide bonds. The van der Waals surface area contributed by atoms with E-state index in [1.165, 1.54) is 0 Å². The maximum Gasteiger partial charge on any atom is 0.229 e. The summed E-state index contributed by atoms with van der Waals surface area (Å²) in [5.41, 5.74) is 6.15. The highest BCUT2D eigenvalue weighted by Gasteiger charge is 2.23. The first-order chi connectivity index (χ1) is 17.7. The predicted molar refractivity (Wildman–Crippen MR) is 148 cm³/mol. The van der Waals surface area contributed by atoms with E-state index in [4.69, 9.17) is 15.0 Å². The zero-order chi connectivity index (χ0) is 26.2. The van der Waals surface area contributed by atoms with E-state index < -0.39 is 10.0 Å². The number of morpholine rings is 1. The number of sulfonamides is 1. The molecular formula is C29H28N4O3S. The van der Waals surface area contributed by atoms with Crippen molar-refractivity contribution in [2.45, 2.75) is 26.1 Å². The molecule has 1 aromatic heterocycles. The number of para-hydroxylation sites is 1. The van der Waals surface area contributed by atoms with Gasteiger partial charge in [-0.15, -0.1) is 0 Å². The molecule has 0 spiro atoms. The van der Waals surface area contributed by atoms with Gasteiger partial charge in [0, 0.05) is 41.5 Å². The number of hydrogen-bond acceptors (Lipinski definition) is 6. The Kier molecular flexibility index (Phi) is 6.59. The van der Waals surface area contributed by atoms with Crippen molar-refractivity contribution in [3.8, 4) is 28.3 Å². The third-order valence-electron chi connectivity index (χ3n) is 6.47. The summed E-state index contributed by atoms with van der Waals surface area (Å²) in [5.74, 6) is 0. The number of nitriles is 1. The van der Waals surface area contributed by atoms with E-state index in [0.717, 1.165) is 41.7 Å². The lowest BCUT2D eigenvalue weighted by Gasteiger charge is -2.36. The summed E-state index contributed by atoms with van der Waals surface area (Å²) in [5, 5.41) is 9.83. The van der Waals surface area contributed by atoms with Crippen LogP contribution in [0.15, 0.2) is 72.9 Å². The minimum atomic E-state index is -3.56. The summed E-state index contributed by atoms with van der Waals surface area (Å²) in [6, 6.07) is 23.2. The van der Waals surface area contributed by atoms with Crippen molar-refractivity contribution in [2.75, 3.05) is 29.0 Å². The second-order valence-corrected chi connectivity index (χ2v) is 11.3. The van der Waals surface area contributed by atoms with Crippen LogP contribution in [0.5, 0.6) is 0 Å². The molecule has 1 unspecified atom stereocenters. The van der Waals surface area contributed by atoms with Crippen molar-refractivity contribution in [1.82, 2.24) is 4.98 Å². The fourth-order valence-electron chi connectivity index (χ4n) is 4.94. The van der Waals surface area contributed by atoms with Crippen LogP contribution in [0.3, 0.4) is 0 Å². The third kappa shape index (κ3) is 5.29. The lowest BCUT2D eigenvalue weighted by Crippen LogP contribution is -2.45. The Morgan fingerprint density at radius 3 is 2.19 bits per heavy atom. The molecule has 1 saturated heterocycles. The van der Waals surface area contributed by atoms with Crippen molar-refractivity contribution in [1.29, 1.82) is 5.26 Å². The summed E-state index contributed by atoms with van der Waals surface area (Å²) in [6.45, 7) is 5.79. The Balaban J connectivity index is 1.60. The van der Waals surface area contributed by atoms with E-state index in [2.05, 4.69) is 41.7 Å². The normalized spacial score (nSPS) is 17.9. The predicted octanol–water partition coefficient (Wildman–Crippen LogP) is 5.43. The summed E-state index contributed by atoms with van der Waals surface area (Å²) in [7, 11) is -3.56. The van der Waals surface area contributed by atoms with Gasteiger partial charge in [-0.05, 0) is 49.2 Å². The van der Waals surface area contributed by atoms with Gasteiger partial charge in [-0.2, -0.15) is 5.26 Å². The molecule has 3 aromatic carbocycles. The molecule has 1 aliphatic rings. The van der Waals surface area contributed by atoms with Crippen LogP contribution in [-0.4, -0.2) is 45.0 Å². The summed E-state index contributed by atoms with van der Waals surface area (Å²) in [4.78, 5) is 7.08. The van der Waals surface area contributed by atoms with Gasteiger partial charge in [-0.25, -0.2) is 8.42 Å². The molecule has 0 saturated carbocycles. The van der Waals surface area contributed by atoms with Crippen LogP contribution in [0.4, 0.5) is 11.4 Å². The van der Waals surface area contributed by atoms with E-state index in [-0.39, 0.29) is 12.2 Å². The molecule has 7 nitrogen and oxygen atoms in total. The number of nitrogens with zero attached hydrogens (tertiary/aromatic N) is 3. The maximum absolute atomic E-state index is 12.4. The Morgan fingerprint density at radius 2 is 1.57 bits per heavy atom. The second-order valence-electron chi connectivity index (χ2n) is 9.52. The first-order valence-corrected chi connectivity index (χ1v) is 14.0. The van der Waals surface area contributed by atoms with Gasteiger partial charge in [0.05, 0.1) is 41.3 Å². The number of rotatable bonds is 5. The Labute approximate surface area is 217 Å². The van der Waals surface area contributed by atoms with E-state index in [1.807, 2.05) is 42.5 Å². The first kappa shape index (κ1) is 24.8. The van der Waals surface area contributed by atoms with Crippen LogP contribution in [0.25, 0.3) is 33.2 Å². The van der Waals surface area contributed by atoms with Gasteiger partial charge < -0.3 is 9.64 Å². The summed E-state index contributed by atoms with van der Waals surface area (Å²) >= 11 is 0. The molecule has 188 valence electrons. The van der Waals surface area contributed by atoms with E-state index >= 15 is 0 Å². The lowest BCUT2D eigenvalue weighted by atomic mass is 9.97. The molecule has 2 heterocycles. The topological polar surface area (TPSA) is 95.3 Å². The van der Waals surface area contributed by atoms with Crippen molar-refractivity contribution in [3.63, 3.8) is 0 Å². The molecule has 0 bridgehead atoms. The number of nitrogens with one attached hydrogen (secondary N) is 1. The van der Waals surface area contributed by atoms with Crippen LogP contribution in [0, 0.1) is 11.3 Å². The Bertz CT molecular complexity index is 1580. The molecule has 5 rings (SSSR count). The highest BCUT2D eigenvalue weighted by atomic mass is 32.2. The molecule has 37 heavy (non-hydrogen) atoms. The van der Waals surface area contributed by atoms with Crippen molar-refractivity contribution in [2.24, 2.45) is 0 Å². The van der Waals surface area contributed by atoms with Gasteiger partial charge in [0.15, 0.2) is 0 Å². The van der Waals surface area contributed by atoms with Crippen molar-refractivity contribution < 1.29 is 13.2 Å². The van der Waals surface area contributed by atoms with Gasteiger partial charge in [0.2, 0.25) is 10.0 Å². The van der Waals surface area contributed by atoms with Crippen LogP contribution in [-0.2, 0) is 14.8 Å². The lowest BCUT2D eigenvalue weighted by molar-refractivity contribution is -0.00521. The number of fused-ring (bicyclic) bond motifs is 1. The fraction of sp³-hybridized carbons (Fsp3) is 0.241. The van der Waals surface area contributed by atoms with Crippen LogP contribution < -0.4 is 9.62 Å². The average Bonchev–Trinajstić information content (AvgIpc) is 2.87. The first-order valence-electron chi connectivity index (χ1n) is 12.1. The number of pyridine rings is 1. The molecule has 8 heteroatoms. The zero-order valence-electron chi connectivity index (χ0n) is 21.0. The van der Waals surface area contributed by atoms with Gasteiger partial charge in [0.1, 0.15) is 0 Å². The standard InChI is InChI=1S/C29H28N4O3S/c1-19-17-33(18-20(2)36-19)24-13-11-23(12-14-24)27-16-31-28-25(22-9-7-21(15-30)8-10-22)5-4-6-26(28)29(27)32-37(3,34)35/h4-14,16,19-20H,17-18H2,1-3H3,(H,31,32)/t19-,20?/m0/s1. The van der Waals surface area contributed by atoms with Crippen LogP contribution >= 0.6 is 0 Å². The molecule has 1 aliphatic heterocycles. The number of benzene rings is 3. The molecule has 1 N–H and O–H groups in total. The van der Waals surface area contributed by atoms with Gasteiger partial charge in [-0.3, -0.25) is 9.71 Å². The SMILES string of the molecule is CC1CN(c2ccc(-c3cnc4c(-c5ccc(C#N)cc5)cccc4c3NS(C)(=O)=O)cc2)C[C@H](C)O1. The number of ether oxygens (including phenoxy) is 1. The van der Waals surface area contributed by atoms with E-state index in [1.54, 1.807) is 18.3 Å².